The smallest absolute Gasteiger partial charge is 0.254 e. The molecule has 1 aliphatic heterocycles. The lowest BCUT2D eigenvalue weighted by atomic mass is 10.1. The van der Waals surface area contributed by atoms with Gasteiger partial charge in [0.05, 0.1) is 12.7 Å². The molecular formula is C14H20ClFN2O2. The average molecular weight is 303 g/mol. The van der Waals surface area contributed by atoms with Crippen molar-refractivity contribution in [2.75, 3.05) is 26.7 Å². The number of hydrogen-bond donors (Lipinski definition) is 2. The second kappa shape index (κ2) is 8.07. The molecule has 0 radical (unpaired) electrons. The van der Waals surface area contributed by atoms with Gasteiger partial charge in [-0.25, -0.2) is 4.39 Å². The first kappa shape index (κ1) is 16.7. The number of ether oxygens (including phenoxy) is 1. The molecule has 20 heavy (non-hydrogen) atoms. The van der Waals surface area contributed by atoms with Gasteiger partial charge in [0.15, 0.2) is 0 Å². The number of benzene rings is 1. The molecule has 0 saturated carbocycles. The first-order valence-corrected chi connectivity index (χ1v) is 6.53. The van der Waals surface area contributed by atoms with Crippen LogP contribution in [-0.4, -0.2) is 32.7 Å². The summed E-state index contributed by atoms with van der Waals surface area (Å²) in [5, 5.41) is 6.03. The summed E-state index contributed by atoms with van der Waals surface area (Å²) in [6.45, 7) is 2.63. The van der Waals surface area contributed by atoms with Crippen molar-refractivity contribution in [1.29, 1.82) is 0 Å². The van der Waals surface area contributed by atoms with E-state index in [1.54, 1.807) is 6.07 Å². The third-order valence-electron chi connectivity index (χ3n) is 3.42. The van der Waals surface area contributed by atoms with E-state index in [1.165, 1.54) is 19.2 Å². The van der Waals surface area contributed by atoms with Crippen LogP contribution in [0.3, 0.4) is 0 Å². The molecule has 6 heteroatoms. The number of methoxy groups -OCH3 is 1. The van der Waals surface area contributed by atoms with Crippen molar-refractivity contribution in [3.63, 3.8) is 0 Å². The minimum Gasteiger partial charge on any atom is -0.497 e. The van der Waals surface area contributed by atoms with Gasteiger partial charge in [-0.15, -0.1) is 12.4 Å². The average Bonchev–Trinajstić information content (AvgIpc) is 2.91. The van der Waals surface area contributed by atoms with E-state index in [0.29, 0.717) is 18.2 Å². The Kier molecular flexibility index (Phi) is 6.75. The van der Waals surface area contributed by atoms with E-state index in [9.17, 15) is 9.18 Å². The van der Waals surface area contributed by atoms with Gasteiger partial charge in [-0.1, -0.05) is 0 Å². The molecule has 4 nitrogen and oxygen atoms in total. The van der Waals surface area contributed by atoms with E-state index in [1.807, 2.05) is 0 Å². The zero-order valence-corrected chi connectivity index (χ0v) is 12.3. The number of hydrogen-bond acceptors (Lipinski definition) is 3. The zero-order valence-electron chi connectivity index (χ0n) is 11.4. The van der Waals surface area contributed by atoms with Crippen LogP contribution in [0, 0.1) is 11.7 Å². The van der Waals surface area contributed by atoms with Crippen LogP contribution in [0.5, 0.6) is 5.75 Å². The maximum atomic E-state index is 13.7. The predicted molar refractivity (Wildman–Crippen MR) is 78.1 cm³/mol. The van der Waals surface area contributed by atoms with E-state index < -0.39 is 5.82 Å². The number of carbonyl (C=O) groups is 1. The second-order valence-electron chi connectivity index (χ2n) is 4.75. The van der Waals surface area contributed by atoms with Gasteiger partial charge in [-0.2, -0.15) is 0 Å². The van der Waals surface area contributed by atoms with Crippen molar-refractivity contribution in [3.05, 3.63) is 29.6 Å². The molecule has 1 aromatic carbocycles. The number of amides is 1. The van der Waals surface area contributed by atoms with Crippen molar-refractivity contribution >= 4 is 18.3 Å². The Hall–Kier alpha value is -1.33. The van der Waals surface area contributed by atoms with Crippen molar-refractivity contribution < 1.29 is 13.9 Å². The number of rotatable bonds is 5. The van der Waals surface area contributed by atoms with Crippen molar-refractivity contribution in [1.82, 2.24) is 10.6 Å². The molecule has 1 atom stereocenters. The van der Waals surface area contributed by atoms with Crippen LogP contribution >= 0.6 is 12.4 Å². The van der Waals surface area contributed by atoms with E-state index in [-0.39, 0.29) is 23.9 Å². The van der Waals surface area contributed by atoms with Crippen LogP contribution in [0.1, 0.15) is 23.2 Å². The fourth-order valence-electron chi connectivity index (χ4n) is 2.25. The van der Waals surface area contributed by atoms with E-state index >= 15 is 0 Å². The highest BCUT2D eigenvalue weighted by atomic mass is 35.5. The lowest BCUT2D eigenvalue weighted by Crippen LogP contribution is -2.27. The standard InChI is InChI=1S/C14H19FN2O2.ClH/c1-19-11-2-3-12(13(15)8-11)14(18)17-7-5-10-4-6-16-9-10;/h2-3,8,10,16H,4-7,9H2,1H3,(H,17,18);1H. The van der Waals surface area contributed by atoms with Gasteiger partial charge in [0, 0.05) is 12.6 Å². The van der Waals surface area contributed by atoms with Gasteiger partial charge in [0.1, 0.15) is 11.6 Å². The topological polar surface area (TPSA) is 50.4 Å². The van der Waals surface area contributed by atoms with Gasteiger partial charge in [-0.3, -0.25) is 4.79 Å². The summed E-state index contributed by atoms with van der Waals surface area (Å²) in [5.74, 6) is 0.0950. The highest BCUT2D eigenvalue weighted by Crippen LogP contribution is 2.16. The van der Waals surface area contributed by atoms with Gasteiger partial charge in [-0.05, 0) is 44.0 Å². The summed E-state index contributed by atoms with van der Waals surface area (Å²) in [6.07, 6.45) is 2.07. The molecule has 1 saturated heterocycles. The van der Waals surface area contributed by atoms with Crippen molar-refractivity contribution in [2.45, 2.75) is 12.8 Å². The minimum absolute atomic E-state index is 0. The van der Waals surface area contributed by atoms with Crippen LogP contribution in [0.15, 0.2) is 18.2 Å². The van der Waals surface area contributed by atoms with Gasteiger partial charge < -0.3 is 15.4 Å². The van der Waals surface area contributed by atoms with E-state index in [4.69, 9.17) is 4.74 Å². The fraction of sp³-hybridized carbons (Fsp3) is 0.500. The highest BCUT2D eigenvalue weighted by Gasteiger charge is 2.16. The molecule has 0 aliphatic carbocycles. The Bertz CT molecular complexity index is 451. The number of halogens is 2. The first-order chi connectivity index (χ1) is 9.20. The van der Waals surface area contributed by atoms with Crippen molar-refractivity contribution in [3.8, 4) is 5.75 Å². The molecule has 1 amide bonds. The van der Waals surface area contributed by atoms with Crippen LogP contribution in [0.2, 0.25) is 0 Å². The molecule has 1 unspecified atom stereocenters. The van der Waals surface area contributed by atoms with Gasteiger partial charge >= 0.3 is 0 Å². The molecule has 112 valence electrons. The summed E-state index contributed by atoms with van der Waals surface area (Å²) in [6, 6.07) is 4.25. The van der Waals surface area contributed by atoms with Gasteiger partial charge in [0.2, 0.25) is 0 Å². The molecule has 0 aromatic heterocycles. The Morgan fingerprint density at radius 1 is 1.55 bits per heavy atom. The summed E-state index contributed by atoms with van der Waals surface area (Å²) >= 11 is 0. The second-order valence-corrected chi connectivity index (χ2v) is 4.75. The quantitative estimate of drug-likeness (QED) is 0.874. The largest absolute Gasteiger partial charge is 0.497 e. The Labute approximate surface area is 124 Å². The van der Waals surface area contributed by atoms with Crippen LogP contribution in [0.4, 0.5) is 4.39 Å². The number of carbonyl (C=O) groups excluding carboxylic acids is 1. The summed E-state index contributed by atoms with van der Waals surface area (Å²) in [4.78, 5) is 11.8. The third-order valence-corrected chi connectivity index (χ3v) is 3.42. The lowest BCUT2D eigenvalue weighted by molar-refractivity contribution is 0.0947. The molecule has 2 rings (SSSR count). The zero-order chi connectivity index (χ0) is 13.7. The lowest BCUT2D eigenvalue weighted by Gasteiger charge is -2.10. The van der Waals surface area contributed by atoms with Crippen molar-refractivity contribution in [2.24, 2.45) is 5.92 Å². The maximum absolute atomic E-state index is 13.7. The molecule has 0 bridgehead atoms. The SMILES string of the molecule is COc1ccc(C(=O)NCCC2CCNC2)c(F)c1.Cl. The highest BCUT2D eigenvalue weighted by molar-refractivity contribution is 5.94. The molecule has 2 N–H and O–H groups in total. The van der Waals surface area contributed by atoms with E-state index in [0.717, 1.165) is 25.9 Å². The Balaban J connectivity index is 0.00000200. The monoisotopic (exact) mass is 302 g/mol. The molecule has 0 spiro atoms. The first-order valence-electron chi connectivity index (χ1n) is 6.53. The summed E-state index contributed by atoms with van der Waals surface area (Å²) < 4.78 is 18.6. The molecule has 1 aliphatic rings. The third kappa shape index (κ3) is 4.35. The van der Waals surface area contributed by atoms with Crippen LogP contribution in [0.25, 0.3) is 0 Å². The fourth-order valence-corrected chi connectivity index (χ4v) is 2.25. The van der Waals surface area contributed by atoms with Crippen LogP contribution in [-0.2, 0) is 0 Å². The Morgan fingerprint density at radius 3 is 2.95 bits per heavy atom. The normalized spacial score (nSPS) is 17.4. The van der Waals surface area contributed by atoms with Gasteiger partial charge in [0.25, 0.3) is 5.91 Å². The summed E-state index contributed by atoms with van der Waals surface area (Å²) in [5.41, 5.74) is 0.0605. The van der Waals surface area contributed by atoms with E-state index in [2.05, 4.69) is 10.6 Å². The molecule has 1 aromatic rings. The molecule has 1 fully saturated rings. The maximum Gasteiger partial charge on any atom is 0.254 e. The van der Waals surface area contributed by atoms with Crippen LogP contribution < -0.4 is 15.4 Å². The summed E-state index contributed by atoms with van der Waals surface area (Å²) in [7, 11) is 1.46. The Morgan fingerprint density at radius 2 is 2.35 bits per heavy atom. The predicted octanol–water partition coefficient (Wildman–Crippen LogP) is 1.99. The number of nitrogens with one attached hydrogen (secondary N) is 2. The molecule has 1 heterocycles. The minimum atomic E-state index is -0.556. The molecular weight excluding hydrogens is 283 g/mol.